The summed E-state index contributed by atoms with van der Waals surface area (Å²) in [5.41, 5.74) is 1.62. The monoisotopic (exact) mass is 747 g/mol. The molecular weight excluding hydrogens is 690 g/mol. The minimum absolute atomic E-state index is 0.113. The van der Waals surface area contributed by atoms with Crippen LogP contribution in [-0.2, 0) is 44.7 Å². The van der Waals surface area contributed by atoms with Gasteiger partial charge in [-0.3, -0.25) is 28.8 Å². The Bertz CT molecular complexity index is 1600. The number of carbonyl (C=O) groups excluding carboxylic acids is 7. The van der Waals surface area contributed by atoms with Crippen LogP contribution in [0, 0.1) is 0 Å². The minimum atomic E-state index is -1.25. The third-order valence-electron chi connectivity index (χ3n) is 9.00. The number of amides is 5. The van der Waals surface area contributed by atoms with E-state index in [4.69, 9.17) is 4.74 Å². The lowest BCUT2D eigenvalue weighted by Crippen LogP contribution is -2.55. The quantitative estimate of drug-likeness (QED) is 0.0724. The standard InChI is InChI=1S/C41H57N5O8/c1-6-8-10-22-33(47)42-25-34(48)44-32(24-27-16-13-21-30(23-27)28-19-14-20-28)38(51)45-31(15-7-2)37(50)39(52)43-26-35(49)46-36(29-17-11-9-12-18-29)40(53)54-41(3,4)5/h9,11-13,16-18,21,23,28,31-32,36H,6-8,10,14-15,19-20,22,24-26H2,1-5H3,(H,42,47)(H,43,52)(H,44,48)(H,45,51)(H,46,49). The molecule has 3 atom stereocenters. The number of ether oxygens (including phenoxy) is 1. The summed E-state index contributed by atoms with van der Waals surface area (Å²) >= 11 is 0. The molecular formula is C41H57N5O8. The SMILES string of the molecule is CCCCCC(=O)NCC(=O)NC(Cc1cccc(C2CCC2)c1)C(=O)NC(CCC)C(=O)C(=O)NCC(=O)NC(C(=O)OC(C)(C)C)c1ccccc1. The highest BCUT2D eigenvalue weighted by atomic mass is 16.6. The highest BCUT2D eigenvalue weighted by Gasteiger charge is 2.32. The highest BCUT2D eigenvalue weighted by molar-refractivity contribution is 6.38. The molecule has 1 saturated carbocycles. The van der Waals surface area contributed by atoms with Crippen LogP contribution in [0.4, 0.5) is 0 Å². The Kier molecular flexibility index (Phi) is 17.3. The van der Waals surface area contributed by atoms with E-state index < -0.39 is 65.7 Å². The molecule has 5 N–H and O–H groups in total. The molecule has 0 radical (unpaired) electrons. The van der Waals surface area contributed by atoms with Crippen molar-refractivity contribution in [1.82, 2.24) is 26.6 Å². The molecule has 3 rings (SSSR count). The normalized spacial score (nSPS) is 14.3. The first kappa shape index (κ1) is 43.3. The van der Waals surface area contributed by atoms with Crippen LogP contribution in [0.15, 0.2) is 54.6 Å². The van der Waals surface area contributed by atoms with E-state index in [9.17, 15) is 33.6 Å². The van der Waals surface area contributed by atoms with Gasteiger partial charge >= 0.3 is 5.97 Å². The Morgan fingerprint density at radius 3 is 2.07 bits per heavy atom. The Morgan fingerprint density at radius 2 is 1.44 bits per heavy atom. The summed E-state index contributed by atoms with van der Waals surface area (Å²) in [6.45, 7) is 7.97. The van der Waals surface area contributed by atoms with Gasteiger partial charge < -0.3 is 31.3 Å². The first-order valence-electron chi connectivity index (χ1n) is 19.0. The molecule has 294 valence electrons. The molecule has 0 spiro atoms. The van der Waals surface area contributed by atoms with Crippen molar-refractivity contribution in [3.8, 4) is 0 Å². The fourth-order valence-corrected chi connectivity index (χ4v) is 5.94. The van der Waals surface area contributed by atoms with E-state index in [0.717, 1.165) is 43.2 Å². The van der Waals surface area contributed by atoms with Crippen LogP contribution in [0.3, 0.4) is 0 Å². The number of carbonyl (C=O) groups is 7. The van der Waals surface area contributed by atoms with Crippen molar-refractivity contribution in [3.63, 3.8) is 0 Å². The smallest absolute Gasteiger partial charge is 0.333 e. The molecule has 3 unspecified atom stereocenters. The lowest BCUT2D eigenvalue weighted by Gasteiger charge is -2.27. The predicted octanol–water partition coefficient (Wildman–Crippen LogP) is 3.85. The molecule has 1 aliphatic rings. The number of nitrogens with one attached hydrogen (secondary N) is 5. The van der Waals surface area contributed by atoms with E-state index in [1.807, 2.05) is 31.2 Å². The molecule has 0 aromatic heterocycles. The number of benzene rings is 2. The summed E-state index contributed by atoms with van der Waals surface area (Å²) in [7, 11) is 0. The van der Waals surface area contributed by atoms with Crippen molar-refractivity contribution < 1.29 is 38.3 Å². The molecule has 13 nitrogen and oxygen atoms in total. The molecule has 1 fully saturated rings. The molecule has 0 aliphatic heterocycles. The largest absolute Gasteiger partial charge is 0.458 e. The molecule has 2 aromatic rings. The van der Waals surface area contributed by atoms with Gasteiger partial charge in [0.05, 0.1) is 19.1 Å². The molecule has 0 bridgehead atoms. The zero-order chi connectivity index (χ0) is 39.7. The lowest BCUT2D eigenvalue weighted by atomic mass is 9.79. The number of hydrogen-bond acceptors (Lipinski definition) is 8. The van der Waals surface area contributed by atoms with Crippen molar-refractivity contribution in [1.29, 1.82) is 0 Å². The summed E-state index contributed by atoms with van der Waals surface area (Å²) in [4.78, 5) is 91.3. The maximum absolute atomic E-state index is 13.8. The van der Waals surface area contributed by atoms with E-state index in [1.165, 1.54) is 0 Å². The Hall–Kier alpha value is -5.07. The van der Waals surface area contributed by atoms with Gasteiger partial charge in [-0.15, -0.1) is 0 Å². The van der Waals surface area contributed by atoms with E-state index >= 15 is 0 Å². The van der Waals surface area contributed by atoms with Crippen molar-refractivity contribution in [2.24, 2.45) is 0 Å². The summed E-state index contributed by atoms with van der Waals surface area (Å²) in [6, 6.07) is 12.8. The molecule has 1 aliphatic carbocycles. The second-order valence-electron chi connectivity index (χ2n) is 14.8. The Balaban J connectivity index is 1.68. The van der Waals surface area contributed by atoms with Crippen LogP contribution in [0.1, 0.15) is 121 Å². The average Bonchev–Trinajstić information content (AvgIpc) is 3.10. The second-order valence-corrected chi connectivity index (χ2v) is 14.8. The number of hydrogen-bond donors (Lipinski definition) is 5. The second kappa shape index (κ2) is 21.6. The maximum Gasteiger partial charge on any atom is 0.333 e. The number of unbranched alkanes of at least 4 members (excludes halogenated alkanes) is 2. The van der Waals surface area contributed by atoms with Gasteiger partial charge in [-0.05, 0) is 69.1 Å². The fraction of sp³-hybridized carbons (Fsp3) is 0.537. The molecule has 0 saturated heterocycles. The number of esters is 1. The average molecular weight is 748 g/mol. The third-order valence-corrected chi connectivity index (χ3v) is 9.00. The Morgan fingerprint density at radius 1 is 0.759 bits per heavy atom. The number of rotatable bonds is 21. The fourth-order valence-electron chi connectivity index (χ4n) is 5.94. The first-order chi connectivity index (χ1) is 25.7. The van der Waals surface area contributed by atoms with Crippen molar-refractivity contribution in [3.05, 3.63) is 71.3 Å². The van der Waals surface area contributed by atoms with Gasteiger partial charge in [-0.2, -0.15) is 0 Å². The summed E-state index contributed by atoms with van der Waals surface area (Å²) in [6.07, 6.45) is 6.85. The first-order valence-corrected chi connectivity index (χ1v) is 19.0. The number of Topliss-reactive ketones (excluding diaryl/α,β-unsaturated/α-hetero) is 1. The van der Waals surface area contributed by atoms with Gasteiger partial charge in [0, 0.05) is 12.8 Å². The molecule has 5 amide bonds. The van der Waals surface area contributed by atoms with Crippen LogP contribution >= 0.6 is 0 Å². The van der Waals surface area contributed by atoms with E-state index in [2.05, 4.69) is 26.6 Å². The molecule has 0 heterocycles. The van der Waals surface area contributed by atoms with Crippen LogP contribution in [0.2, 0.25) is 0 Å². The van der Waals surface area contributed by atoms with Gasteiger partial charge in [0.15, 0.2) is 6.04 Å². The molecule has 13 heteroatoms. The summed E-state index contributed by atoms with van der Waals surface area (Å²) in [5.74, 6) is -4.57. The minimum Gasteiger partial charge on any atom is -0.458 e. The van der Waals surface area contributed by atoms with E-state index in [1.54, 1.807) is 58.0 Å². The zero-order valence-corrected chi connectivity index (χ0v) is 32.3. The number of ketones is 1. The van der Waals surface area contributed by atoms with Crippen LogP contribution in [-0.4, -0.2) is 72.1 Å². The maximum atomic E-state index is 13.8. The van der Waals surface area contributed by atoms with Crippen molar-refractivity contribution in [2.75, 3.05) is 13.1 Å². The van der Waals surface area contributed by atoms with Crippen LogP contribution < -0.4 is 26.6 Å². The molecule has 54 heavy (non-hydrogen) atoms. The summed E-state index contributed by atoms with van der Waals surface area (Å²) in [5, 5.41) is 12.8. The van der Waals surface area contributed by atoms with Gasteiger partial charge in [0.1, 0.15) is 11.6 Å². The van der Waals surface area contributed by atoms with Crippen molar-refractivity contribution in [2.45, 2.75) is 128 Å². The van der Waals surface area contributed by atoms with Crippen molar-refractivity contribution >= 4 is 41.3 Å². The van der Waals surface area contributed by atoms with Gasteiger partial charge in [-0.1, -0.05) is 94.1 Å². The predicted molar refractivity (Wildman–Crippen MR) is 204 cm³/mol. The Labute approximate surface area is 318 Å². The summed E-state index contributed by atoms with van der Waals surface area (Å²) < 4.78 is 5.48. The van der Waals surface area contributed by atoms with Crippen LogP contribution in [0.25, 0.3) is 0 Å². The van der Waals surface area contributed by atoms with Gasteiger partial charge in [-0.25, -0.2) is 4.79 Å². The highest BCUT2D eigenvalue weighted by Crippen LogP contribution is 2.36. The van der Waals surface area contributed by atoms with Gasteiger partial charge in [0.25, 0.3) is 5.91 Å². The van der Waals surface area contributed by atoms with E-state index in [0.29, 0.717) is 30.7 Å². The third kappa shape index (κ3) is 14.7. The zero-order valence-electron chi connectivity index (χ0n) is 32.3. The van der Waals surface area contributed by atoms with E-state index in [-0.39, 0.29) is 25.3 Å². The van der Waals surface area contributed by atoms with Gasteiger partial charge in [0.2, 0.25) is 29.4 Å². The van der Waals surface area contributed by atoms with Crippen LogP contribution in [0.5, 0.6) is 0 Å². The molecule has 2 aromatic carbocycles. The topological polar surface area (TPSA) is 189 Å². The lowest BCUT2D eigenvalue weighted by molar-refractivity contribution is -0.158.